The van der Waals surface area contributed by atoms with E-state index >= 15 is 0 Å². The Balaban J connectivity index is 1.12. The van der Waals surface area contributed by atoms with E-state index in [9.17, 15) is 4.79 Å². The summed E-state index contributed by atoms with van der Waals surface area (Å²) in [6, 6.07) is 7.77. The summed E-state index contributed by atoms with van der Waals surface area (Å²) < 4.78 is 6.27. The predicted octanol–water partition coefficient (Wildman–Crippen LogP) is 4.86. The van der Waals surface area contributed by atoms with Gasteiger partial charge >= 0.3 is 0 Å². The van der Waals surface area contributed by atoms with Crippen molar-refractivity contribution in [2.45, 2.75) is 55.3 Å². The highest BCUT2D eigenvalue weighted by Gasteiger charge is 2.51. The molecule has 1 aromatic heterocycles. The van der Waals surface area contributed by atoms with Gasteiger partial charge in [-0.3, -0.25) is 4.79 Å². The Hall–Kier alpha value is -1.80. The van der Waals surface area contributed by atoms with Crippen molar-refractivity contribution in [3.63, 3.8) is 0 Å². The van der Waals surface area contributed by atoms with Gasteiger partial charge in [0.1, 0.15) is 5.75 Å². The number of hydrogen-bond donors (Lipinski definition) is 2. The van der Waals surface area contributed by atoms with Gasteiger partial charge in [0.05, 0.1) is 12.4 Å². The zero-order valence-corrected chi connectivity index (χ0v) is 18.9. The minimum Gasteiger partial charge on any atom is -0.494 e. The fraction of sp³-hybridized carbons (Fsp3) is 0.591. The number of ether oxygens (including phenoxy) is 1. The van der Waals surface area contributed by atoms with Crippen molar-refractivity contribution < 1.29 is 9.53 Å². The number of amides is 1. The highest BCUT2D eigenvalue weighted by atomic mass is 32.2. The van der Waals surface area contributed by atoms with Crippen LogP contribution >= 0.6 is 23.1 Å². The fourth-order valence-corrected chi connectivity index (χ4v) is 7.54. The van der Waals surface area contributed by atoms with E-state index in [4.69, 9.17) is 4.74 Å². The Kier molecular flexibility index (Phi) is 5.62. The summed E-state index contributed by atoms with van der Waals surface area (Å²) in [6.45, 7) is 2.62. The Morgan fingerprint density at radius 2 is 1.80 bits per heavy atom. The van der Waals surface area contributed by atoms with E-state index in [1.807, 2.05) is 31.2 Å². The number of nitrogens with zero attached hydrogens (tertiary/aromatic N) is 2. The van der Waals surface area contributed by atoms with Crippen LogP contribution in [0.15, 0.2) is 28.6 Å². The number of carbonyl (C=O) groups excluding carboxylic acids is 1. The molecule has 1 heterocycles. The Bertz CT molecular complexity index is 864. The van der Waals surface area contributed by atoms with Crippen molar-refractivity contribution in [1.29, 1.82) is 0 Å². The first-order valence-corrected chi connectivity index (χ1v) is 12.7. The average Bonchev–Trinajstić information content (AvgIpc) is 3.14. The maximum atomic E-state index is 12.7. The van der Waals surface area contributed by atoms with Gasteiger partial charge in [-0.2, -0.15) is 0 Å². The number of carbonyl (C=O) groups is 1. The van der Waals surface area contributed by atoms with Gasteiger partial charge in [0.25, 0.3) is 0 Å². The van der Waals surface area contributed by atoms with E-state index in [0.29, 0.717) is 12.4 Å². The molecule has 4 bridgehead atoms. The largest absolute Gasteiger partial charge is 0.494 e. The fourth-order valence-electron chi connectivity index (χ4n) is 5.97. The summed E-state index contributed by atoms with van der Waals surface area (Å²) in [5, 5.41) is 15.8. The second kappa shape index (κ2) is 8.38. The van der Waals surface area contributed by atoms with E-state index < -0.39 is 0 Å². The van der Waals surface area contributed by atoms with Crippen LogP contribution in [0.3, 0.4) is 0 Å². The van der Waals surface area contributed by atoms with Crippen molar-refractivity contribution in [3.8, 4) is 5.75 Å². The minimum absolute atomic E-state index is 0.0773. The molecule has 4 aliphatic rings. The third kappa shape index (κ3) is 4.44. The van der Waals surface area contributed by atoms with Gasteiger partial charge in [-0.15, -0.1) is 10.2 Å². The van der Waals surface area contributed by atoms with Gasteiger partial charge in [0, 0.05) is 11.2 Å². The van der Waals surface area contributed by atoms with Gasteiger partial charge in [0.2, 0.25) is 11.0 Å². The first-order chi connectivity index (χ1) is 14.6. The third-order valence-corrected chi connectivity index (χ3v) is 8.56. The number of thioether (sulfide) groups is 1. The number of aromatic nitrogens is 2. The van der Waals surface area contributed by atoms with E-state index in [0.717, 1.165) is 38.7 Å². The number of benzene rings is 1. The van der Waals surface area contributed by atoms with Gasteiger partial charge < -0.3 is 15.4 Å². The average molecular weight is 445 g/mol. The summed E-state index contributed by atoms with van der Waals surface area (Å²) in [5.41, 5.74) is 1.01. The molecule has 0 radical (unpaired) electrons. The molecule has 1 amide bonds. The summed E-state index contributed by atoms with van der Waals surface area (Å²) in [5.74, 6) is 3.90. The molecule has 0 unspecified atom stereocenters. The number of nitrogens with one attached hydrogen (secondary N) is 2. The normalized spacial score (nSPS) is 29.0. The molecule has 4 aliphatic carbocycles. The molecule has 160 valence electrons. The standard InChI is InChI=1S/C22H28N4O2S2/c1-2-28-18-5-3-17(4-6-18)23-20-25-26-21(30-20)29-13-19(27)24-22-10-14-7-15(11-22)9-16(8-14)12-22/h3-6,14-16H,2,7-13H2,1H3,(H,23,25)(H,24,27). The smallest absolute Gasteiger partial charge is 0.230 e. The molecule has 30 heavy (non-hydrogen) atoms. The zero-order valence-electron chi connectivity index (χ0n) is 17.2. The van der Waals surface area contributed by atoms with Crippen molar-refractivity contribution in [2.75, 3.05) is 17.7 Å². The Morgan fingerprint density at radius 1 is 1.13 bits per heavy atom. The highest BCUT2D eigenvalue weighted by molar-refractivity contribution is 8.01. The van der Waals surface area contributed by atoms with Gasteiger partial charge in [0.15, 0.2) is 4.34 Å². The lowest BCUT2D eigenvalue weighted by atomic mass is 9.53. The second-order valence-corrected chi connectivity index (χ2v) is 11.2. The summed E-state index contributed by atoms with van der Waals surface area (Å²) in [6.07, 6.45) is 7.72. The topological polar surface area (TPSA) is 76.1 Å². The van der Waals surface area contributed by atoms with Gasteiger partial charge in [-0.05, 0) is 87.5 Å². The van der Waals surface area contributed by atoms with Crippen LogP contribution in [0.2, 0.25) is 0 Å². The van der Waals surface area contributed by atoms with Crippen LogP contribution in [0.1, 0.15) is 45.4 Å². The molecule has 2 aromatic rings. The Morgan fingerprint density at radius 3 is 2.43 bits per heavy atom. The zero-order chi connectivity index (χ0) is 20.6. The molecule has 0 spiro atoms. The molecule has 6 nitrogen and oxygen atoms in total. The van der Waals surface area contributed by atoms with Crippen molar-refractivity contribution >= 4 is 39.8 Å². The summed E-state index contributed by atoms with van der Waals surface area (Å²) in [4.78, 5) is 12.7. The van der Waals surface area contributed by atoms with Crippen LogP contribution in [0.5, 0.6) is 5.75 Å². The molecule has 4 saturated carbocycles. The van der Waals surface area contributed by atoms with E-state index in [2.05, 4.69) is 20.8 Å². The maximum Gasteiger partial charge on any atom is 0.230 e. The van der Waals surface area contributed by atoms with E-state index in [-0.39, 0.29) is 11.4 Å². The minimum atomic E-state index is 0.0773. The number of hydrogen-bond acceptors (Lipinski definition) is 7. The highest BCUT2D eigenvalue weighted by Crippen LogP contribution is 2.55. The molecule has 0 atom stereocenters. The van der Waals surface area contributed by atoms with Crippen LogP contribution in [-0.4, -0.2) is 34.0 Å². The SMILES string of the molecule is CCOc1ccc(Nc2nnc(SCC(=O)NC34CC5CC(CC(C5)C3)C4)s2)cc1. The first-order valence-electron chi connectivity index (χ1n) is 10.9. The lowest BCUT2D eigenvalue weighted by Gasteiger charge is -2.56. The van der Waals surface area contributed by atoms with Crippen molar-refractivity contribution in [1.82, 2.24) is 15.5 Å². The van der Waals surface area contributed by atoms with Crippen LogP contribution in [0, 0.1) is 17.8 Å². The van der Waals surface area contributed by atoms with Crippen LogP contribution < -0.4 is 15.4 Å². The maximum absolute atomic E-state index is 12.7. The second-order valence-electron chi connectivity index (χ2n) is 8.99. The molecule has 0 aliphatic heterocycles. The van der Waals surface area contributed by atoms with E-state index in [1.165, 1.54) is 61.6 Å². The quantitative estimate of drug-likeness (QED) is 0.567. The van der Waals surface area contributed by atoms with Gasteiger partial charge in [-0.1, -0.05) is 23.1 Å². The van der Waals surface area contributed by atoms with Crippen molar-refractivity contribution in [3.05, 3.63) is 24.3 Å². The number of rotatable bonds is 8. The molecule has 8 heteroatoms. The molecule has 6 rings (SSSR count). The first kappa shape index (κ1) is 20.1. The molecule has 2 N–H and O–H groups in total. The van der Waals surface area contributed by atoms with Crippen molar-refractivity contribution in [2.24, 2.45) is 17.8 Å². The molecular weight excluding hydrogens is 416 g/mol. The lowest BCUT2D eigenvalue weighted by Crippen LogP contribution is -2.60. The third-order valence-electron chi connectivity index (χ3n) is 6.59. The molecular formula is C22H28N4O2S2. The van der Waals surface area contributed by atoms with Crippen LogP contribution in [0.25, 0.3) is 0 Å². The van der Waals surface area contributed by atoms with E-state index in [1.54, 1.807) is 0 Å². The summed E-state index contributed by atoms with van der Waals surface area (Å²) in [7, 11) is 0. The predicted molar refractivity (Wildman–Crippen MR) is 121 cm³/mol. The number of anilines is 2. The summed E-state index contributed by atoms with van der Waals surface area (Å²) >= 11 is 2.94. The lowest BCUT2D eigenvalue weighted by molar-refractivity contribution is -0.124. The molecule has 1 aromatic carbocycles. The van der Waals surface area contributed by atoms with Gasteiger partial charge in [-0.25, -0.2) is 0 Å². The molecule has 0 saturated heterocycles. The Labute approximate surface area is 185 Å². The van der Waals surface area contributed by atoms with Crippen LogP contribution in [0.4, 0.5) is 10.8 Å². The van der Waals surface area contributed by atoms with Crippen LogP contribution in [-0.2, 0) is 4.79 Å². The molecule has 4 fully saturated rings. The monoisotopic (exact) mass is 444 g/mol.